The summed E-state index contributed by atoms with van der Waals surface area (Å²) in [6, 6.07) is 10.9. The van der Waals surface area contributed by atoms with Crippen LogP contribution in [0.25, 0.3) is 0 Å². The minimum atomic E-state index is -1.49. The van der Waals surface area contributed by atoms with Crippen molar-refractivity contribution in [1.29, 1.82) is 0 Å². The molecule has 5 rings (SSSR count). The smallest absolute Gasteiger partial charge is 0.410 e. The number of halogens is 2. The summed E-state index contributed by atoms with van der Waals surface area (Å²) in [6.07, 6.45) is 3.24. The monoisotopic (exact) mass is 790 g/mol. The minimum Gasteiger partial charge on any atom is -0.579 e. The van der Waals surface area contributed by atoms with Gasteiger partial charge in [-0.2, -0.15) is 4.99 Å². The molecule has 3 aliphatic rings. The van der Waals surface area contributed by atoms with E-state index in [4.69, 9.17) is 9.88 Å². The van der Waals surface area contributed by atoms with Crippen LogP contribution in [0.1, 0.15) is 36.8 Å². The first-order valence-electron chi connectivity index (χ1n) is 15.4. The van der Waals surface area contributed by atoms with E-state index in [0.29, 0.717) is 60.1 Å². The van der Waals surface area contributed by atoms with Crippen molar-refractivity contribution in [3.8, 4) is 5.75 Å². The second-order valence-corrected chi connectivity index (χ2v) is 14.4. The Balaban J connectivity index is 1.22. The van der Waals surface area contributed by atoms with E-state index in [1.54, 1.807) is 27.4 Å². The molecule has 0 aromatic heterocycles. The number of carbonyl (C=O) groups is 3. The summed E-state index contributed by atoms with van der Waals surface area (Å²) in [5.41, 5.74) is 5.35. The van der Waals surface area contributed by atoms with Gasteiger partial charge in [-0.1, -0.05) is 23.9 Å². The van der Waals surface area contributed by atoms with Gasteiger partial charge in [0, 0.05) is 56.7 Å². The normalized spacial score (nSPS) is 18.9. The van der Waals surface area contributed by atoms with Gasteiger partial charge in [0.05, 0.1) is 8.95 Å². The van der Waals surface area contributed by atoms with Crippen molar-refractivity contribution in [2.75, 3.05) is 38.0 Å². The number of piperidine rings is 2. The number of anilines is 1. The first-order valence-corrected chi connectivity index (χ1v) is 18.1. The molecule has 4 amide bonds. The maximum atomic E-state index is 13.3. The molecule has 0 saturated carbocycles. The molecule has 2 fully saturated rings. The molecule has 47 heavy (non-hydrogen) atoms. The maximum absolute atomic E-state index is 13.3. The lowest BCUT2D eigenvalue weighted by Crippen LogP contribution is -2.50. The fourth-order valence-corrected chi connectivity index (χ4v) is 7.81. The molecule has 2 aromatic carbocycles. The molecule has 250 valence electrons. The van der Waals surface area contributed by atoms with Gasteiger partial charge in [0.25, 0.3) is 5.91 Å². The summed E-state index contributed by atoms with van der Waals surface area (Å²) in [4.78, 5) is 46.8. The number of amides is 4. The highest BCUT2D eigenvalue weighted by atomic mass is 79.9. The van der Waals surface area contributed by atoms with Crippen LogP contribution in [0.15, 0.2) is 62.1 Å². The molecule has 4 N–H and O–H groups in total. The van der Waals surface area contributed by atoms with Crippen LogP contribution in [0.3, 0.4) is 0 Å². The lowest BCUT2D eigenvalue weighted by Gasteiger charge is -2.37. The Bertz CT molecular complexity index is 1560. The summed E-state index contributed by atoms with van der Waals surface area (Å²) in [6.45, 7) is 2.49. The lowest BCUT2D eigenvalue weighted by molar-refractivity contribution is -0.126. The van der Waals surface area contributed by atoms with Crippen molar-refractivity contribution in [3.05, 3.63) is 68.3 Å². The number of ether oxygens (including phenoxy) is 1. The van der Waals surface area contributed by atoms with Gasteiger partial charge in [-0.15, -0.1) is 9.44 Å². The molecule has 2 atom stereocenters. The third-order valence-electron chi connectivity index (χ3n) is 8.62. The van der Waals surface area contributed by atoms with E-state index in [0.717, 1.165) is 30.5 Å². The standard InChI is InChI=1S/C32H36Br2N6O6S/c33-25-18-22(19-26(34)29(25)41)20-28(30(42)36-12-3-4-21-7-15-39(16-8-21)47(35)45)46-32(44)38-13-10-24(11-14-38)40-17-9-23-5-1-2-6-27(23)37-31(40)43/h1-2,4-6,18-19,21,24,28,41H,7-11,13-17,20,35H2,(H,37,43)/t28-,47?/m1/s1. The summed E-state index contributed by atoms with van der Waals surface area (Å²) < 4.78 is 19.7. The van der Waals surface area contributed by atoms with E-state index in [1.165, 1.54) is 0 Å². The molecule has 12 nitrogen and oxygen atoms in total. The van der Waals surface area contributed by atoms with E-state index in [1.807, 2.05) is 29.2 Å². The Morgan fingerprint density at radius 1 is 1.13 bits per heavy atom. The second kappa shape index (κ2) is 16.3. The Morgan fingerprint density at radius 3 is 2.49 bits per heavy atom. The fraction of sp³-hybridized carbons (Fsp3) is 0.438. The second-order valence-electron chi connectivity index (χ2n) is 11.6. The van der Waals surface area contributed by atoms with Crippen LogP contribution >= 0.6 is 31.9 Å². The van der Waals surface area contributed by atoms with E-state index >= 15 is 0 Å². The number of likely N-dealkylation sites (tertiary alicyclic amines) is 1. The number of fused-ring (bicyclic) bond motifs is 1. The largest absolute Gasteiger partial charge is 0.579 e. The van der Waals surface area contributed by atoms with Gasteiger partial charge in [-0.3, -0.25) is 4.79 Å². The quantitative estimate of drug-likeness (QED) is 0.207. The van der Waals surface area contributed by atoms with Crippen molar-refractivity contribution in [3.63, 3.8) is 0 Å². The van der Waals surface area contributed by atoms with Crippen LogP contribution in [0.2, 0.25) is 0 Å². The van der Waals surface area contributed by atoms with Crippen molar-refractivity contribution in [2.45, 2.75) is 50.7 Å². The van der Waals surface area contributed by atoms with Gasteiger partial charge in [-0.25, -0.2) is 9.59 Å². The van der Waals surface area contributed by atoms with Gasteiger partial charge >= 0.3 is 12.1 Å². The zero-order chi connectivity index (χ0) is 33.5. The van der Waals surface area contributed by atoms with Crippen LogP contribution in [-0.2, 0) is 33.9 Å². The molecule has 0 bridgehead atoms. The molecule has 2 saturated heterocycles. The average Bonchev–Trinajstić information content (AvgIpc) is 3.23. The molecular weight excluding hydrogens is 756 g/mol. The van der Waals surface area contributed by atoms with Crippen molar-refractivity contribution in [1.82, 2.24) is 14.1 Å². The Kier molecular flexibility index (Phi) is 12.2. The van der Waals surface area contributed by atoms with Crippen LogP contribution in [-0.4, -0.2) is 92.5 Å². The molecule has 3 aliphatic heterocycles. The zero-order valence-corrected chi connectivity index (χ0v) is 29.6. The molecule has 1 unspecified atom stereocenters. The average molecular weight is 793 g/mol. The third kappa shape index (κ3) is 9.27. The lowest BCUT2D eigenvalue weighted by atomic mass is 9.98. The Morgan fingerprint density at radius 2 is 1.81 bits per heavy atom. The van der Waals surface area contributed by atoms with Gasteiger partial charge in [0.1, 0.15) is 17.3 Å². The van der Waals surface area contributed by atoms with Crippen molar-refractivity contribution >= 4 is 73.0 Å². The number of para-hydroxylation sites is 1. The van der Waals surface area contributed by atoms with E-state index in [2.05, 4.69) is 53.8 Å². The third-order valence-corrected chi connectivity index (χ3v) is 10.7. The summed E-state index contributed by atoms with van der Waals surface area (Å²) in [5, 5.41) is 18.6. The summed E-state index contributed by atoms with van der Waals surface area (Å²) in [5.74, 6) is 2.00. The highest BCUT2D eigenvalue weighted by molar-refractivity contribution is 9.11. The minimum absolute atomic E-state index is 0.00749. The Hall–Kier alpha value is -3.13. The number of phenols is 1. The molecule has 3 heterocycles. The number of nitrogens with zero attached hydrogens (tertiary/aromatic N) is 4. The van der Waals surface area contributed by atoms with E-state index < -0.39 is 29.7 Å². The number of aliphatic imine (C=N–C) groups is 1. The van der Waals surface area contributed by atoms with Gasteiger partial charge < -0.3 is 29.5 Å². The summed E-state index contributed by atoms with van der Waals surface area (Å²) >= 11 is 5.12. The maximum Gasteiger partial charge on any atom is 0.410 e. The van der Waals surface area contributed by atoms with Crippen LogP contribution in [0, 0.1) is 5.92 Å². The zero-order valence-electron chi connectivity index (χ0n) is 25.6. The molecule has 0 spiro atoms. The van der Waals surface area contributed by atoms with Gasteiger partial charge in [0.15, 0.2) is 6.10 Å². The number of urea groups is 1. The number of nitrogens with two attached hydrogens (primary N) is 1. The molecule has 0 aliphatic carbocycles. The van der Waals surface area contributed by atoms with Gasteiger partial charge in [-0.05, 0) is 105 Å². The fourth-order valence-electron chi connectivity index (χ4n) is 5.96. The van der Waals surface area contributed by atoms with E-state index in [9.17, 15) is 24.0 Å². The number of hydrogen-bond donors (Lipinski definition) is 3. The highest BCUT2D eigenvalue weighted by Gasteiger charge is 2.33. The topological polar surface area (TPSA) is 164 Å². The predicted octanol–water partition coefficient (Wildman–Crippen LogP) is 4.68. The molecule has 15 heteroatoms. The van der Waals surface area contributed by atoms with Gasteiger partial charge in [0.2, 0.25) is 0 Å². The number of carbonyl (C=O) groups excluding carboxylic acids is 3. The van der Waals surface area contributed by atoms with Crippen LogP contribution < -0.4 is 10.5 Å². The van der Waals surface area contributed by atoms with Crippen LogP contribution in [0.4, 0.5) is 15.3 Å². The molecule has 0 radical (unpaired) electrons. The molecule has 2 aromatic rings. The summed E-state index contributed by atoms with van der Waals surface area (Å²) in [7, 11) is 0. The number of nitrogens with one attached hydrogen (secondary N) is 1. The first kappa shape index (κ1) is 35.2. The van der Waals surface area contributed by atoms with Crippen LogP contribution in [0.5, 0.6) is 5.75 Å². The number of aromatic hydroxyl groups is 1. The number of allylic oxidation sites excluding steroid dienone is 1. The highest BCUT2D eigenvalue weighted by Crippen LogP contribution is 2.34. The Labute approximate surface area is 293 Å². The number of rotatable bonds is 7. The predicted molar refractivity (Wildman–Crippen MR) is 185 cm³/mol. The van der Waals surface area contributed by atoms with Crippen molar-refractivity contribution in [2.24, 2.45) is 16.0 Å². The number of hydrogen-bond acceptors (Lipinski definition) is 8. The SMILES string of the molecule is N[S+]([O-])N1CCC(C=C=C=NC(=O)[C@@H](Cc2cc(Br)c(O)c(Br)c2)OC(=O)N2CCC(N3CCc4ccccc4NC3=O)CC2)CC1. The van der Waals surface area contributed by atoms with Crippen molar-refractivity contribution < 1.29 is 28.8 Å². The number of benzene rings is 2. The first-order chi connectivity index (χ1) is 22.6. The molecular formula is C32H36Br2N6O6S. The number of phenolic OH excluding ortho intramolecular Hbond substituents is 1. The van der Waals surface area contributed by atoms with E-state index in [-0.39, 0.29) is 30.2 Å².